The Morgan fingerprint density at radius 3 is 2.65 bits per heavy atom. The molecule has 0 saturated carbocycles. The molecule has 1 unspecified atom stereocenters. The molecule has 17 heavy (non-hydrogen) atoms. The minimum Gasteiger partial charge on any atom is -0.496 e. The third kappa shape index (κ3) is 3.43. The van der Waals surface area contributed by atoms with Gasteiger partial charge >= 0.3 is 0 Å². The van der Waals surface area contributed by atoms with Crippen LogP contribution in [0.15, 0.2) is 6.20 Å². The van der Waals surface area contributed by atoms with Crippen molar-refractivity contribution in [2.24, 2.45) is 0 Å². The van der Waals surface area contributed by atoms with Gasteiger partial charge in [0, 0.05) is 29.1 Å². The molecule has 0 fully saturated rings. The lowest BCUT2D eigenvalue weighted by molar-refractivity contribution is 0.406. The van der Waals surface area contributed by atoms with E-state index in [1.165, 1.54) is 5.56 Å². The number of ether oxygens (including phenoxy) is 1. The summed E-state index contributed by atoms with van der Waals surface area (Å²) in [6.07, 6.45) is 5.18. The lowest BCUT2D eigenvalue weighted by Gasteiger charge is -2.16. The number of hydrogen-bond donors (Lipinski definition) is 1. The fourth-order valence-corrected chi connectivity index (χ4v) is 2.19. The molecule has 0 amide bonds. The van der Waals surface area contributed by atoms with Crippen LogP contribution in [0.1, 0.15) is 36.6 Å². The number of aryl methyl sites for hydroxylation is 2. The normalized spacial score (nSPS) is 12.5. The molecule has 96 valence electrons. The van der Waals surface area contributed by atoms with Crippen molar-refractivity contribution in [1.29, 1.82) is 0 Å². The van der Waals surface area contributed by atoms with E-state index in [-0.39, 0.29) is 0 Å². The summed E-state index contributed by atoms with van der Waals surface area (Å²) in [6, 6.07) is 0.573. The number of hydrogen-bond acceptors (Lipinski definition) is 3. The van der Waals surface area contributed by atoms with E-state index < -0.39 is 0 Å². The molecule has 0 aromatic carbocycles. The van der Waals surface area contributed by atoms with Crippen molar-refractivity contribution >= 4 is 0 Å². The van der Waals surface area contributed by atoms with Crippen LogP contribution in [0.3, 0.4) is 0 Å². The number of pyridine rings is 1. The summed E-state index contributed by atoms with van der Waals surface area (Å²) < 4.78 is 5.42. The van der Waals surface area contributed by atoms with Crippen molar-refractivity contribution in [1.82, 2.24) is 10.3 Å². The molecule has 0 aliphatic heterocycles. The lowest BCUT2D eigenvalue weighted by Crippen LogP contribution is -2.24. The van der Waals surface area contributed by atoms with Gasteiger partial charge in [0.2, 0.25) is 0 Å². The molecule has 0 aliphatic rings. The Balaban J connectivity index is 2.78. The Kier molecular flexibility index (Phi) is 5.42. The Morgan fingerprint density at radius 1 is 1.41 bits per heavy atom. The highest BCUT2D eigenvalue weighted by Crippen LogP contribution is 2.24. The van der Waals surface area contributed by atoms with E-state index in [0.29, 0.717) is 6.04 Å². The maximum Gasteiger partial charge on any atom is 0.128 e. The van der Waals surface area contributed by atoms with Gasteiger partial charge in [-0.15, -0.1) is 0 Å². The molecule has 3 nitrogen and oxygen atoms in total. The first-order chi connectivity index (χ1) is 8.13. The number of methoxy groups -OCH3 is 1. The molecular weight excluding hydrogens is 212 g/mol. The summed E-state index contributed by atoms with van der Waals surface area (Å²) >= 11 is 0. The van der Waals surface area contributed by atoms with E-state index in [1.807, 2.05) is 20.2 Å². The summed E-state index contributed by atoms with van der Waals surface area (Å²) in [5, 5.41) is 3.32. The zero-order valence-electron chi connectivity index (χ0n) is 11.6. The quantitative estimate of drug-likeness (QED) is 0.824. The third-order valence-electron chi connectivity index (χ3n) is 3.38. The lowest BCUT2D eigenvalue weighted by atomic mass is 10.0. The molecule has 1 aromatic rings. The molecule has 1 atom stereocenters. The Hall–Kier alpha value is -1.09. The zero-order valence-corrected chi connectivity index (χ0v) is 11.6. The molecule has 1 aromatic heterocycles. The van der Waals surface area contributed by atoms with Crippen LogP contribution in [-0.2, 0) is 6.42 Å². The second kappa shape index (κ2) is 6.60. The number of aromatic nitrogens is 1. The van der Waals surface area contributed by atoms with Crippen LogP contribution < -0.4 is 10.1 Å². The minimum atomic E-state index is 0.573. The molecule has 0 radical (unpaired) electrons. The summed E-state index contributed by atoms with van der Waals surface area (Å²) in [4.78, 5) is 4.52. The van der Waals surface area contributed by atoms with Gasteiger partial charge in [-0.05, 0) is 40.2 Å². The van der Waals surface area contributed by atoms with E-state index in [1.54, 1.807) is 7.11 Å². The first kappa shape index (κ1) is 14.0. The SMILES string of the molecule is CCC(CCc1ncc(C)c(OC)c1C)NC. The smallest absolute Gasteiger partial charge is 0.128 e. The van der Waals surface area contributed by atoms with Crippen LogP contribution in [0, 0.1) is 13.8 Å². The molecule has 0 aliphatic carbocycles. The average Bonchev–Trinajstić information content (AvgIpc) is 2.33. The van der Waals surface area contributed by atoms with Crippen LogP contribution in [0.2, 0.25) is 0 Å². The fraction of sp³-hybridized carbons (Fsp3) is 0.643. The van der Waals surface area contributed by atoms with E-state index in [2.05, 4.69) is 24.1 Å². The number of nitrogens with zero attached hydrogens (tertiary/aromatic N) is 1. The molecule has 3 heteroatoms. The van der Waals surface area contributed by atoms with E-state index >= 15 is 0 Å². The van der Waals surface area contributed by atoms with Gasteiger partial charge < -0.3 is 10.1 Å². The van der Waals surface area contributed by atoms with Gasteiger partial charge in [-0.3, -0.25) is 4.98 Å². The van der Waals surface area contributed by atoms with E-state index in [0.717, 1.165) is 36.3 Å². The van der Waals surface area contributed by atoms with Gasteiger partial charge in [-0.1, -0.05) is 6.92 Å². The van der Waals surface area contributed by atoms with E-state index in [4.69, 9.17) is 4.74 Å². The Morgan fingerprint density at radius 2 is 2.12 bits per heavy atom. The van der Waals surface area contributed by atoms with Gasteiger partial charge in [0.05, 0.1) is 7.11 Å². The number of rotatable bonds is 6. The summed E-state index contributed by atoms with van der Waals surface area (Å²) in [5.41, 5.74) is 3.44. The summed E-state index contributed by atoms with van der Waals surface area (Å²) in [7, 11) is 3.74. The van der Waals surface area contributed by atoms with Crippen molar-refractivity contribution < 1.29 is 4.74 Å². The monoisotopic (exact) mass is 236 g/mol. The maximum absolute atomic E-state index is 5.42. The molecule has 1 N–H and O–H groups in total. The first-order valence-electron chi connectivity index (χ1n) is 6.30. The summed E-state index contributed by atoms with van der Waals surface area (Å²) in [5.74, 6) is 0.979. The molecule has 0 bridgehead atoms. The van der Waals surface area contributed by atoms with Crippen molar-refractivity contribution in [2.45, 2.75) is 46.1 Å². The average molecular weight is 236 g/mol. The van der Waals surface area contributed by atoms with Crippen LogP contribution >= 0.6 is 0 Å². The largest absolute Gasteiger partial charge is 0.496 e. The molecule has 0 spiro atoms. The summed E-state index contributed by atoms with van der Waals surface area (Å²) in [6.45, 7) is 6.33. The highest BCUT2D eigenvalue weighted by molar-refractivity contribution is 5.41. The van der Waals surface area contributed by atoms with Gasteiger partial charge in [0.25, 0.3) is 0 Å². The Bertz CT molecular complexity index is 359. The Labute approximate surface area is 105 Å². The highest BCUT2D eigenvalue weighted by Gasteiger charge is 2.11. The molecule has 1 rings (SSSR count). The fourth-order valence-electron chi connectivity index (χ4n) is 2.19. The number of nitrogens with one attached hydrogen (secondary N) is 1. The van der Waals surface area contributed by atoms with Crippen molar-refractivity contribution in [3.05, 3.63) is 23.0 Å². The second-order valence-electron chi connectivity index (χ2n) is 4.48. The van der Waals surface area contributed by atoms with Crippen molar-refractivity contribution in [3.8, 4) is 5.75 Å². The molecular formula is C14H24N2O. The standard InChI is InChI=1S/C14H24N2O/c1-6-12(15-4)7-8-13-11(3)14(17-5)10(2)9-16-13/h9,12,15H,6-8H2,1-5H3. The van der Waals surface area contributed by atoms with Crippen LogP contribution in [0.5, 0.6) is 5.75 Å². The zero-order chi connectivity index (χ0) is 12.8. The van der Waals surface area contributed by atoms with Gasteiger partial charge in [-0.25, -0.2) is 0 Å². The predicted octanol–water partition coefficient (Wildman–Crippen LogP) is 2.64. The first-order valence-corrected chi connectivity index (χ1v) is 6.30. The third-order valence-corrected chi connectivity index (χ3v) is 3.38. The van der Waals surface area contributed by atoms with E-state index in [9.17, 15) is 0 Å². The van der Waals surface area contributed by atoms with Gasteiger partial charge in [0.15, 0.2) is 0 Å². The van der Waals surface area contributed by atoms with Crippen LogP contribution in [0.25, 0.3) is 0 Å². The van der Waals surface area contributed by atoms with Crippen molar-refractivity contribution in [2.75, 3.05) is 14.2 Å². The van der Waals surface area contributed by atoms with Crippen LogP contribution in [0.4, 0.5) is 0 Å². The molecule has 0 saturated heterocycles. The highest BCUT2D eigenvalue weighted by atomic mass is 16.5. The topological polar surface area (TPSA) is 34.1 Å². The van der Waals surface area contributed by atoms with Gasteiger partial charge in [-0.2, -0.15) is 0 Å². The predicted molar refractivity (Wildman–Crippen MR) is 71.7 cm³/mol. The van der Waals surface area contributed by atoms with Crippen molar-refractivity contribution in [3.63, 3.8) is 0 Å². The molecule has 1 heterocycles. The van der Waals surface area contributed by atoms with Crippen LogP contribution in [-0.4, -0.2) is 25.2 Å². The van der Waals surface area contributed by atoms with Gasteiger partial charge in [0.1, 0.15) is 5.75 Å². The second-order valence-corrected chi connectivity index (χ2v) is 4.48. The maximum atomic E-state index is 5.42. The minimum absolute atomic E-state index is 0.573.